The number of benzene rings is 1. The quantitative estimate of drug-likeness (QED) is 0.603. The second kappa shape index (κ2) is 8.28. The molecular weight excluding hydrogens is 434 g/mol. The largest absolute Gasteiger partial charge is 0.573 e. The molecule has 1 aromatic heterocycles. The third-order valence-electron chi connectivity index (χ3n) is 4.11. The molecule has 0 spiro atoms. The number of aromatic nitrogens is 3. The smallest absolute Gasteiger partial charge is 0.405 e. The Bertz CT molecular complexity index is 1010. The molecule has 1 fully saturated rings. The van der Waals surface area contributed by atoms with E-state index in [1.807, 2.05) is 0 Å². The molecule has 0 aliphatic carbocycles. The minimum absolute atomic E-state index is 0.106. The maximum Gasteiger partial charge on any atom is 0.573 e. The lowest BCUT2D eigenvalue weighted by molar-refractivity contribution is -0.274. The predicted octanol–water partition coefficient (Wildman–Crippen LogP) is 2.69. The first-order chi connectivity index (χ1) is 14.5. The molecule has 1 saturated heterocycles. The molecule has 4 N–H and O–H groups in total. The summed E-state index contributed by atoms with van der Waals surface area (Å²) in [5.41, 5.74) is 3.15. The van der Waals surface area contributed by atoms with Gasteiger partial charge in [-0.15, -0.1) is 23.4 Å². The summed E-state index contributed by atoms with van der Waals surface area (Å²) in [4.78, 5) is 15.7. The minimum atomic E-state index is -5.26. The van der Waals surface area contributed by atoms with Crippen LogP contribution in [0.4, 0.5) is 32.3 Å². The van der Waals surface area contributed by atoms with E-state index < -0.39 is 35.5 Å². The van der Waals surface area contributed by atoms with Crippen LogP contribution >= 0.6 is 0 Å². The summed E-state index contributed by atoms with van der Waals surface area (Å²) in [6.45, 7) is 0.432. The zero-order valence-corrected chi connectivity index (χ0v) is 15.4. The number of anilines is 1. The Morgan fingerprint density at radius 3 is 2.52 bits per heavy atom. The molecule has 0 radical (unpaired) electrons. The Kier molecular flexibility index (Phi) is 5.90. The fourth-order valence-corrected chi connectivity index (χ4v) is 2.79. The molecular formula is C17H14F6N6O2. The molecule has 1 unspecified atom stereocenters. The highest BCUT2D eigenvalue weighted by atomic mass is 19.4. The first kappa shape index (κ1) is 22.1. The molecule has 31 heavy (non-hydrogen) atoms. The normalized spacial score (nSPS) is 17.1. The van der Waals surface area contributed by atoms with Crippen molar-refractivity contribution in [2.75, 3.05) is 11.9 Å². The number of alkyl halides is 6. The fourth-order valence-electron chi connectivity index (χ4n) is 2.79. The highest BCUT2D eigenvalue weighted by Crippen LogP contribution is 2.39. The number of hydrogen-bond donors (Lipinski definition) is 3. The number of amides is 1. The number of carbonyl (C=O) groups is 1. The standard InChI is InChI=1S/C17H14F6N6O2/c18-16(19,20)8-1-2-9(12(7-8)31-17(21,22)23)13-10(3-5-24)26-15(29-28-13)27-11-4-6-25-14(11)30/h1-3,5,7,11H,4,6,24H2,(H,25,30)(H,26,27,29). The third-order valence-corrected chi connectivity index (χ3v) is 4.11. The second-order valence-corrected chi connectivity index (χ2v) is 6.26. The first-order valence-corrected chi connectivity index (χ1v) is 8.62. The summed E-state index contributed by atoms with van der Waals surface area (Å²) in [5.74, 6) is -1.56. The zero-order chi connectivity index (χ0) is 22.8. The zero-order valence-electron chi connectivity index (χ0n) is 15.4. The summed E-state index contributed by atoms with van der Waals surface area (Å²) < 4.78 is 81.1. The van der Waals surface area contributed by atoms with E-state index in [-0.39, 0.29) is 29.3 Å². The maximum atomic E-state index is 13.0. The van der Waals surface area contributed by atoms with E-state index in [2.05, 4.69) is 30.6 Å². The van der Waals surface area contributed by atoms with Crippen LogP contribution in [0.1, 0.15) is 17.7 Å². The molecule has 1 amide bonds. The van der Waals surface area contributed by atoms with E-state index in [4.69, 9.17) is 5.73 Å². The summed E-state index contributed by atoms with van der Waals surface area (Å²) in [5, 5.41) is 12.8. The van der Waals surface area contributed by atoms with E-state index in [0.717, 1.165) is 12.3 Å². The van der Waals surface area contributed by atoms with Gasteiger partial charge in [0.05, 0.1) is 11.3 Å². The number of hydrogen-bond acceptors (Lipinski definition) is 7. The Labute approximate surface area is 170 Å². The Morgan fingerprint density at radius 1 is 1.19 bits per heavy atom. The second-order valence-electron chi connectivity index (χ2n) is 6.26. The van der Waals surface area contributed by atoms with Crippen LogP contribution in [0.15, 0.2) is 24.4 Å². The van der Waals surface area contributed by atoms with Crippen molar-refractivity contribution in [1.29, 1.82) is 0 Å². The van der Waals surface area contributed by atoms with Crippen molar-refractivity contribution in [2.24, 2.45) is 5.73 Å². The number of nitrogens with zero attached hydrogens (tertiary/aromatic N) is 3. The Hall–Kier alpha value is -3.58. The van der Waals surface area contributed by atoms with Crippen molar-refractivity contribution in [2.45, 2.75) is 25.0 Å². The van der Waals surface area contributed by atoms with Gasteiger partial charge < -0.3 is 21.1 Å². The van der Waals surface area contributed by atoms with Crippen LogP contribution in [-0.4, -0.2) is 40.0 Å². The molecule has 0 bridgehead atoms. The average molecular weight is 448 g/mol. The molecule has 2 aromatic rings. The van der Waals surface area contributed by atoms with E-state index in [1.54, 1.807) is 0 Å². The molecule has 166 valence electrons. The molecule has 2 heterocycles. The van der Waals surface area contributed by atoms with Crippen molar-refractivity contribution < 1.29 is 35.9 Å². The fraction of sp³-hybridized carbons (Fsp3) is 0.294. The third kappa shape index (κ3) is 5.32. The monoisotopic (exact) mass is 448 g/mol. The van der Waals surface area contributed by atoms with Gasteiger partial charge in [0.25, 0.3) is 0 Å². The van der Waals surface area contributed by atoms with Gasteiger partial charge in [-0.3, -0.25) is 4.79 Å². The van der Waals surface area contributed by atoms with Crippen LogP contribution < -0.4 is 21.1 Å². The van der Waals surface area contributed by atoms with E-state index in [9.17, 15) is 31.1 Å². The number of nitrogens with two attached hydrogens (primary N) is 1. The maximum absolute atomic E-state index is 13.0. The van der Waals surface area contributed by atoms with Crippen molar-refractivity contribution in [3.05, 3.63) is 35.7 Å². The molecule has 1 aliphatic heterocycles. The number of ether oxygens (including phenoxy) is 1. The van der Waals surface area contributed by atoms with Crippen LogP contribution in [0.2, 0.25) is 0 Å². The first-order valence-electron chi connectivity index (χ1n) is 8.62. The summed E-state index contributed by atoms with van der Waals surface area (Å²) >= 11 is 0. The van der Waals surface area contributed by atoms with Crippen molar-refractivity contribution >= 4 is 17.9 Å². The van der Waals surface area contributed by atoms with Gasteiger partial charge >= 0.3 is 12.5 Å². The van der Waals surface area contributed by atoms with E-state index in [0.29, 0.717) is 19.0 Å². The Morgan fingerprint density at radius 2 is 1.94 bits per heavy atom. The summed E-state index contributed by atoms with van der Waals surface area (Å²) in [6.07, 6.45) is -7.55. The van der Waals surface area contributed by atoms with Gasteiger partial charge in [0, 0.05) is 12.1 Å². The van der Waals surface area contributed by atoms with Crippen molar-refractivity contribution in [3.63, 3.8) is 0 Å². The van der Waals surface area contributed by atoms with Gasteiger partial charge in [-0.05, 0) is 36.9 Å². The van der Waals surface area contributed by atoms with Gasteiger partial charge in [0.2, 0.25) is 11.9 Å². The predicted molar refractivity (Wildman–Crippen MR) is 95.2 cm³/mol. The summed E-state index contributed by atoms with van der Waals surface area (Å²) in [7, 11) is 0. The molecule has 1 aliphatic rings. The summed E-state index contributed by atoms with van der Waals surface area (Å²) in [6, 6.07) is 0.902. The lowest BCUT2D eigenvalue weighted by Gasteiger charge is -2.16. The highest BCUT2D eigenvalue weighted by Gasteiger charge is 2.36. The molecule has 8 nitrogen and oxygen atoms in total. The molecule has 3 rings (SSSR count). The minimum Gasteiger partial charge on any atom is -0.405 e. The van der Waals surface area contributed by atoms with Crippen molar-refractivity contribution in [1.82, 2.24) is 20.5 Å². The van der Waals surface area contributed by atoms with Crippen LogP contribution in [0.5, 0.6) is 5.75 Å². The van der Waals surface area contributed by atoms with Gasteiger partial charge in [0.1, 0.15) is 17.5 Å². The molecule has 0 saturated carbocycles. The van der Waals surface area contributed by atoms with Gasteiger partial charge in [-0.25, -0.2) is 4.98 Å². The lowest BCUT2D eigenvalue weighted by atomic mass is 10.1. The van der Waals surface area contributed by atoms with Crippen molar-refractivity contribution in [3.8, 4) is 17.0 Å². The van der Waals surface area contributed by atoms with Gasteiger partial charge in [0.15, 0.2) is 0 Å². The highest BCUT2D eigenvalue weighted by molar-refractivity contribution is 5.86. The van der Waals surface area contributed by atoms with E-state index in [1.165, 1.54) is 6.08 Å². The Balaban J connectivity index is 2.06. The van der Waals surface area contributed by atoms with Gasteiger partial charge in [-0.2, -0.15) is 13.2 Å². The molecule has 1 atom stereocenters. The van der Waals surface area contributed by atoms with Gasteiger partial charge in [-0.1, -0.05) is 0 Å². The average Bonchev–Trinajstić information content (AvgIpc) is 3.05. The number of nitrogens with one attached hydrogen (secondary N) is 2. The number of carbonyl (C=O) groups excluding carboxylic acids is 1. The SMILES string of the molecule is NC=Cc1nc(NC2CCNC2=O)nnc1-c1ccc(C(F)(F)F)cc1OC(F)(F)F. The van der Waals surface area contributed by atoms with E-state index >= 15 is 0 Å². The number of rotatable bonds is 5. The number of halogens is 6. The van der Waals surface area contributed by atoms with Crippen LogP contribution in [0.25, 0.3) is 17.3 Å². The van der Waals surface area contributed by atoms with Crippen LogP contribution in [-0.2, 0) is 11.0 Å². The van der Waals surface area contributed by atoms with Crippen LogP contribution in [0, 0.1) is 0 Å². The van der Waals surface area contributed by atoms with Crippen LogP contribution in [0.3, 0.4) is 0 Å². The topological polar surface area (TPSA) is 115 Å². The molecule has 14 heteroatoms. The lowest BCUT2D eigenvalue weighted by Crippen LogP contribution is -2.30. The molecule has 1 aromatic carbocycles.